The summed E-state index contributed by atoms with van der Waals surface area (Å²) >= 11 is 0. The van der Waals surface area contributed by atoms with Crippen molar-refractivity contribution in [1.82, 2.24) is 4.90 Å². The molecule has 0 spiro atoms. The molecule has 0 saturated carbocycles. The molecular formula is C26H29N3O2. The topological polar surface area (TPSA) is 58.8 Å². The van der Waals surface area contributed by atoms with Crippen molar-refractivity contribution in [3.8, 4) is 0 Å². The molecular weight excluding hydrogens is 386 g/mol. The number of nitrogens with zero attached hydrogens (tertiary/aromatic N) is 2. The van der Waals surface area contributed by atoms with E-state index in [-0.39, 0.29) is 12.0 Å². The third-order valence-electron chi connectivity index (χ3n) is 5.79. The van der Waals surface area contributed by atoms with Gasteiger partial charge in [-0.1, -0.05) is 60.7 Å². The Labute approximate surface area is 184 Å². The van der Waals surface area contributed by atoms with E-state index in [0.717, 1.165) is 31.9 Å². The van der Waals surface area contributed by atoms with Gasteiger partial charge in [0, 0.05) is 26.2 Å². The third kappa shape index (κ3) is 4.72. The summed E-state index contributed by atoms with van der Waals surface area (Å²) in [5, 5.41) is 0. The molecule has 2 N–H and O–H groups in total. The van der Waals surface area contributed by atoms with E-state index in [0.29, 0.717) is 17.9 Å². The molecule has 1 aliphatic rings. The summed E-state index contributed by atoms with van der Waals surface area (Å²) in [7, 11) is 0. The van der Waals surface area contributed by atoms with Gasteiger partial charge in [0.2, 0.25) is 0 Å². The van der Waals surface area contributed by atoms with E-state index in [2.05, 4.69) is 70.5 Å². The molecule has 3 aromatic carbocycles. The largest absolute Gasteiger partial charge is 0.462 e. The number of carbonyl (C=O) groups excluding carboxylic acids is 1. The second-order valence-corrected chi connectivity index (χ2v) is 7.74. The highest BCUT2D eigenvalue weighted by molar-refractivity contribution is 5.92. The fourth-order valence-corrected chi connectivity index (χ4v) is 4.29. The maximum Gasteiger partial charge on any atom is 0.338 e. The summed E-state index contributed by atoms with van der Waals surface area (Å²) in [5.41, 5.74) is 11.0. The zero-order valence-electron chi connectivity index (χ0n) is 17.9. The Morgan fingerprint density at radius 1 is 0.903 bits per heavy atom. The van der Waals surface area contributed by atoms with Crippen molar-refractivity contribution in [3.63, 3.8) is 0 Å². The van der Waals surface area contributed by atoms with Gasteiger partial charge in [0.25, 0.3) is 0 Å². The van der Waals surface area contributed by atoms with E-state index in [4.69, 9.17) is 10.5 Å². The van der Waals surface area contributed by atoms with Gasteiger partial charge in [-0.3, -0.25) is 4.90 Å². The Kier molecular flexibility index (Phi) is 6.53. The first-order valence-corrected chi connectivity index (χ1v) is 10.8. The minimum Gasteiger partial charge on any atom is -0.462 e. The normalized spacial score (nSPS) is 14.6. The fraction of sp³-hybridized carbons (Fsp3) is 0.269. The molecule has 0 aliphatic carbocycles. The lowest BCUT2D eigenvalue weighted by Crippen LogP contribution is -2.48. The Bertz CT molecular complexity index is 960. The van der Waals surface area contributed by atoms with Crippen molar-refractivity contribution in [2.75, 3.05) is 43.4 Å². The number of anilines is 2. The van der Waals surface area contributed by atoms with Crippen LogP contribution < -0.4 is 10.6 Å². The maximum absolute atomic E-state index is 12.0. The number of hydrogen-bond donors (Lipinski definition) is 1. The van der Waals surface area contributed by atoms with Gasteiger partial charge in [-0.2, -0.15) is 0 Å². The molecule has 0 atom stereocenters. The molecule has 1 aliphatic heterocycles. The van der Waals surface area contributed by atoms with E-state index in [1.165, 1.54) is 11.1 Å². The third-order valence-corrected chi connectivity index (χ3v) is 5.79. The van der Waals surface area contributed by atoms with Crippen molar-refractivity contribution in [2.45, 2.75) is 13.0 Å². The summed E-state index contributed by atoms with van der Waals surface area (Å²) in [4.78, 5) is 16.8. The number of piperazine rings is 1. The molecule has 1 saturated heterocycles. The Morgan fingerprint density at radius 3 is 2.00 bits per heavy atom. The van der Waals surface area contributed by atoms with Crippen molar-refractivity contribution in [2.24, 2.45) is 0 Å². The van der Waals surface area contributed by atoms with Gasteiger partial charge in [0.05, 0.1) is 29.6 Å². The molecule has 0 bridgehead atoms. The van der Waals surface area contributed by atoms with Crippen LogP contribution >= 0.6 is 0 Å². The number of esters is 1. The maximum atomic E-state index is 12.0. The average Bonchev–Trinajstić information content (AvgIpc) is 2.81. The lowest BCUT2D eigenvalue weighted by atomic mass is 9.96. The van der Waals surface area contributed by atoms with Gasteiger partial charge in [-0.15, -0.1) is 0 Å². The van der Waals surface area contributed by atoms with Gasteiger partial charge < -0.3 is 15.4 Å². The van der Waals surface area contributed by atoms with Gasteiger partial charge in [-0.05, 0) is 36.2 Å². The van der Waals surface area contributed by atoms with Crippen molar-refractivity contribution < 1.29 is 9.53 Å². The van der Waals surface area contributed by atoms with Gasteiger partial charge >= 0.3 is 5.97 Å². The standard InChI is InChI=1S/C26H29N3O2/c1-2-31-26(30)22-13-14-24(23(27)19-22)28-15-17-29(18-16-28)25(20-9-5-3-6-10-20)21-11-7-4-8-12-21/h3-14,19,25H,2,15-18,27H2,1H3. The molecule has 5 heteroatoms. The molecule has 1 heterocycles. The first kappa shape index (κ1) is 20.9. The summed E-state index contributed by atoms with van der Waals surface area (Å²) in [6, 6.07) is 27.0. The van der Waals surface area contributed by atoms with Crippen LogP contribution in [0.3, 0.4) is 0 Å². The number of ether oxygens (including phenoxy) is 1. The quantitative estimate of drug-likeness (QED) is 0.479. The number of nitrogen functional groups attached to an aromatic ring is 1. The Morgan fingerprint density at radius 2 is 1.48 bits per heavy atom. The van der Waals surface area contributed by atoms with Gasteiger partial charge in [0.15, 0.2) is 0 Å². The van der Waals surface area contributed by atoms with Crippen LogP contribution in [0.1, 0.15) is 34.5 Å². The van der Waals surface area contributed by atoms with Crippen LogP contribution in [0, 0.1) is 0 Å². The van der Waals surface area contributed by atoms with Crippen molar-refractivity contribution in [3.05, 3.63) is 95.6 Å². The average molecular weight is 416 g/mol. The predicted octanol–water partition coefficient (Wildman–Crippen LogP) is 4.36. The minimum atomic E-state index is -0.334. The molecule has 5 nitrogen and oxygen atoms in total. The molecule has 0 aromatic heterocycles. The van der Waals surface area contributed by atoms with E-state index < -0.39 is 0 Å². The number of rotatable bonds is 6. The van der Waals surface area contributed by atoms with E-state index in [1.54, 1.807) is 19.1 Å². The highest BCUT2D eigenvalue weighted by Crippen LogP contribution is 2.32. The summed E-state index contributed by atoms with van der Waals surface area (Å²) in [6.45, 7) is 5.75. The molecule has 0 amide bonds. The molecule has 3 aromatic rings. The highest BCUT2D eigenvalue weighted by Gasteiger charge is 2.27. The zero-order valence-corrected chi connectivity index (χ0v) is 17.9. The van der Waals surface area contributed by atoms with Crippen LogP contribution in [0.4, 0.5) is 11.4 Å². The van der Waals surface area contributed by atoms with E-state index >= 15 is 0 Å². The van der Waals surface area contributed by atoms with Crippen LogP contribution in [0.5, 0.6) is 0 Å². The monoisotopic (exact) mass is 415 g/mol. The Balaban J connectivity index is 1.50. The van der Waals surface area contributed by atoms with Gasteiger partial charge in [-0.25, -0.2) is 4.79 Å². The molecule has 4 rings (SSSR count). The van der Waals surface area contributed by atoms with Crippen LogP contribution in [-0.4, -0.2) is 43.7 Å². The number of benzene rings is 3. The van der Waals surface area contributed by atoms with Crippen LogP contribution in [0.2, 0.25) is 0 Å². The molecule has 0 radical (unpaired) electrons. The molecule has 0 unspecified atom stereocenters. The second-order valence-electron chi connectivity index (χ2n) is 7.74. The lowest BCUT2D eigenvalue weighted by molar-refractivity contribution is 0.0526. The summed E-state index contributed by atoms with van der Waals surface area (Å²) in [5.74, 6) is -0.334. The zero-order chi connectivity index (χ0) is 21.6. The van der Waals surface area contributed by atoms with Crippen LogP contribution in [-0.2, 0) is 4.74 Å². The first-order valence-electron chi connectivity index (χ1n) is 10.8. The number of nitrogens with two attached hydrogens (primary N) is 1. The second kappa shape index (κ2) is 9.67. The number of carbonyl (C=O) groups is 1. The fourth-order valence-electron chi connectivity index (χ4n) is 4.29. The van der Waals surface area contributed by atoms with Gasteiger partial charge in [0.1, 0.15) is 0 Å². The van der Waals surface area contributed by atoms with Crippen molar-refractivity contribution >= 4 is 17.3 Å². The first-order chi connectivity index (χ1) is 15.2. The van der Waals surface area contributed by atoms with Crippen LogP contribution in [0.15, 0.2) is 78.9 Å². The minimum absolute atomic E-state index is 0.230. The van der Waals surface area contributed by atoms with Crippen LogP contribution in [0.25, 0.3) is 0 Å². The molecule has 160 valence electrons. The summed E-state index contributed by atoms with van der Waals surface area (Å²) in [6.07, 6.45) is 0. The highest BCUT2D eigenvalue weighted by atomic mass is 16.5. The Hall–Kier alpha value is -3.31. The molecule has 1 fully saturated rings. The SMILES string of the molecule is CCOC(=O)c1ccc(N2CCN(C(c3ccccc3)c3ccccc3)CC2)c(N)c1. The predicted molar refractivity (Wildman–Crippen MR) is 125 cm³/mol. The lowest BCUT2D eigenvalue weighted by Gasteiger charge is -2.41. The smallest absolute Gasteiger partial charge is 0.338 e. The van der Waals surface area contributed by atoms with E-state index in [1.807, 2.05) is 6.07 Å². The number of hydrogen-bond acceptors (Lipinski definition) is 5. The molecule has 31 heavy (non-hydrogen) atoms. The van der Waals surface area contributed by atoms with Crippen molar-refractivity contribution in [1.29, 1.82) is 0 Å². The summed E-state index contributed by atoms with van der Waals surface area (Å²) < 4.78 is 5.08. The van der Waals surface area contributed by atoms with E-state index in [9.17, 15) is 4.79 Å².